The lowest BCUT2D eigenvalue weighted by molar-refractivity contribution is -0.118. The van der Waals surface area contributed by atoms with Gasteiger partial charge in [-0.15, -0.1) is 11.3 Å². The number of nitrogens with zero attached hydrogens (tertiary/aromatic N) is 3. The topological polar surface area (TPSA) is 81.2 Å². The van der Waals surface area contributed by atoms with Crippen LogP contribution in [-0.2, 0) is 18.4 Å². The van der Waals surface area contributed by atoms with Crippen LogP contribution in [0.5, 0.6) is 0 Å². The third-order valence-corrected chi connectivity index (χ3v) is 5.23. The second-order valence-corrected chi connectivity index (χ2v) is 7.00. The fraction of sp³-hybridized carbons (Fsp3) is 0.278. The minimum atomic E-state index is -0.415. The molecule has 0 radical (unpaired) electrons. The molecule has 0 aliphatic heterocycles. The van der Waals surface area contributed by atoms with Crippen molar-refractivity contribution in [3.05, 3.63) is 52.5 Å². The van der Waals surface area contributed by atoms with Crippen LogP contribution in [0.25, 0.3) is 10.2 Å². The SMILES string of the molecule is Cc1nn(C)c2sc(C(=O)N(CCC(N)=O)Cc3ccccc3)cc12. The largest absolute Gasteiger partial charge is 0.370 e. The molecular formula is C18H20N4O2S. The monoisotopic (exact) mass is 356 g/mol. The second kappa shape index (κ2) is 7.06. The maximum absolute atomic E-state index is 13.0. The normalized spacial score (nSPS) is 11.0. The first-order valence-electron chi connectivity index (χ1n) is 8.00. The van der Waals surface area contributed by atoms with Gasteiger partial charge in [0.2, 0.25) is 5.91 Å². The summed E-state index contributed by atoms with van der Waals surface area (Å²) < 4.78 is 1.79. The number of aromatic nitrogens is 2. The van der Waals surface area contributed by atoms with Crippen molar-refractivity contribution in [2.75, 3.05) is 6.54 Å². The van der Waals surface area contributed by atoms with E-state index in [1.165, 1.54) is 11.3 Å². The molecule has 0 aliphatic rings. The van der Waals surface area contributed by atoms with Crippen LogP contribution < -0.4 is 5.73 Å². The number of amides is 2. The molecule has 25 heavy (non-hydrogen) atoms. The number of hydrogen-bond donors (Lipinski definition) is 1. The highest BCUT2D eigenvalue weighted by atomic mass is 32.1. The minimum absolute atomic E-state index is 0.0919. The van der Waals surface area contributed by atoms with E-state index in [1.807, 2.05) is 50.4 Å². The molecular weight excluding hydrogens is 336 g/mol. The molecule has 0 aliphatic carbocycles. The third-order valence-electron chi connectivity index (χ3n) is 4.04. The van der Waals surface area contributed by atoms with E-state index in [2.05, 4.69) is 5.10 Å². The van der Waals surface area contributed by atoms with Crippen molar-refractivity contribution in [2.45, 2.75) is 19.9 Å². The molecule has 0 saturated heterocycles. The predicted molar refractivity (Wildman–Crippen MR) is 98.3 cm³/mol. The van der Waals surface area contributed by atoms with E-state index in [0.29, 0.717) is 18.0 Å². The minimum Gasteiger partial charge on any atom is -0.370 e. The van der Waals surface area contributed by atoms with Crippen molar-refractivity contribution in [1.82, 2.24) is 14.7 Å². The fourth-order valence-electron chi connectivity index (χ4n) is 2.77. The molecule has 0 bridgehead atoms. The van der Waals surface area contributed by atoms with Crippen molar-refractivity contribution in [2.24, 2.45) is 12.8 Å². The number of hydrogen-bond acceptors (Lipinski definition) is 4. The quantitative estimate of drug-likeness (QED) is 0.737. The molecule has 1 aromatic carbocycles. The zero-order valence-electron chi connectivity index (χ0n) is 14.2. The molecule has 0 saturated carbocycles. The van der Waals surface area contributed by atoms with E-state index >= 15 is 0 Å². The number of aryl methyl sites for hydroxylation is 2. The van der Waals surface area contributed by atoms with Gasteiger partial charge in [0.15, 0.2) is 0 Å². The van der Waals surface area contributed by atoms with Gasteiger partial charge in [0.05, 0.1) is 10.6 Å². The Morgan fingerprint density at radius 1 is 1.28 bits per heavy atom. The molecule has 2 amide bonds. The molecule has 0 unspecified atom stereocenters. The Morgan fingerprint density at radius 2 is 2.00 bits per heavy atom. The Morgan fingerprint density at radius 3 is 2.64 bits per heavy atom. The molecule has 0 atom stereocenters. The summed E-state index contributed by atoms with van der Waals surface area (Å²) in [6.45, 7) is 2.67. The van der Waals surface area contributed by atoms with Gasteiger partial charge >= 0.3 is 0 Å². The summed E-state index contributed by atoms with van der Waals surface area (Å²) in [5.41, 5.74) is 7.19. The Labute approximate surface area is 149 Å². The zero-order chi connectivity index (χ0) is 18.0. The van der Waals surface area contributed by atoms with Gasteiger partial charge in [0, 0.05) is 31.9 Å². The van der Waals surface area contributed by atoms with Crippen LogP contribution in [0.4, 0.5) is 0 Å². The number of primary amides is 1. The molecule has 3 rings (SSSR count). The number of carbonyl (C=O) groups is 2. The lowest BCUT2D eigenvalue weighted by Gasteiger charge is -2.21. The highest BCUT2D eigenvalue weighted by Crippen LogP contribution is 2.28. The second-order valence-electron chi connectivity index (χ2n) is 5.97. The Bertz CT molecular complexity index is 879. The highest BCUT2D eigenvalue weighted by Gasteiger charge is 2.21. The van der Waals surface area contributed by atoms with Crippen LogP contribution in [0.15, 0.2) is 36.4 Å². The van der Waals surface area contributed by atoms with Crippen LogP contribution >= 0.6 is 11.3 Å². The van der Waals surface area contributed by atoms with Crippen LogP contribution in [-0.4, -0.2) is 33.0 Å². The van der Waals surface area contributed by atoms with Gasteiger partial charge < -0.3 is 10.6 Å². The van der Waals surface area contributed by atoms with Gasteiger partial charge in [-0.05, 0) is 18.6 Å². The third kappa shape index (κ3) is 3.71. The lowest BCUT2D eigenvalue weighted by Crippen LogP contribution is -2.33. The van der Waals surface area contributed by atoms with Crippen LogP contribution in [0.3, 0.4) is 0 Å². The summed E-state index contributed by atoms with van der Waals surface area (Å²) in [4.78, 5) is 27.5. The van der Waals surface area contributed by atoms with E-state index in [1.54, 1.807) is 9.58 Å². The summed E-state index contributed by atoms with van der Waals surface area (Å²) >= 11 is 1.42. The average molecular weight is 356 g/mol. The molecule has 0 spiro atoms. The van der Waals surface area contributed by atoms with E-state index < -0.39 is 5.91 Å². The highest BCUT2D eigenvalue weighted by molar-refractivity contribution is 7.20. The van der Waals surface area contributed by atoms with Crippen LogP contribution in [0, 0.1) is 6.92 Å². The first-order valence-corrected chi connectivity index (χ1v) is 8.82. The maximum Gasteiger partial charge on any atom is 0.264 e. The van der Waals surface area contributed by atoms with Gasteiger partial charge in [-0.25, -0.2) is 0 Å². The van der Waals surface area contributed by atoms with Gasteiger partial charge in [-0.1, -0.05) is 30.3 Å². The number of benzene rings is 1. The van der Waals surface area contributed by atoms with Crippen molar-refractivity contribution in [3.63, 3.8) is 0 Å². The molecule has 3 aromatic rings. The number of carbonyl (C=O) groups excluding carboxylic acids is 2. The van der Waals surface area contributed by atoms with E-state index in [0.717, 1.165) is 21.5 Å². The van der Waals surface area contributed by atoms with E-state index in [9.17, 15) is 9.59 Å². The standard InChI is InChI=1S/C18H20N4O2S/c1-12-14-10-15(25-18(14)21(2)20-12)17(24)22(9-8-16(19)23)11-13-6-4-3-5-7-13/h3-7,10H,8-9,11H2,1-2H3,(H2,19,23). The molecule has 0 fully saturated rings. The van der Waals surface area contributed by atoms with Gasteiger partial charge in [-0.3, -0.25) is 14.3 Å². The summed E-state index contributed by atoms with van der Waals surface area (Å²) in [5, 5.41) is 5.35. The number of fused-ring (bicyclic) bond motifs is 1. The summed E-state index contributed by atoms with van der Waals surface area (Å²) in [5.74, 6) is -0.507. The van der Waals surface area contributed by atoms with Gasteiger partial charge in [-0.2, -0.15) is 5.10 Å². The van der Waals surface area contributed by atoms with Gasteiger partial charge in [0.1, 0.15) is 4.83 Å². The summed E-state index contributed by atoms with van der Waals surface area (Å²) in [6, 6.07) is 11.6. The Kier molecular flexibility index (Phi) is 4.85. The van der Waals surface area contributed by atoms with E-state index in [-0.39, 0.29) is 12.3 Å². The molecule has 2 aromatic heterocycles. The van der Waals surface area contributed by atoms with Crippen molar-refractivity contribution < 1.29 is 9.59 Å². The predicted octanol–water partition coefficient (Wildman–Crippen LogP) is 2.46. The number of thiophene rings is 1. The van der Waals surface area contributed by atoms with Crippen molar-refractivity contribution >= 4 is 33.4 Å². The Balaban J connectivity index is 1.88. The fourth-order valence-corrected chi connectivity index (χ4v) is 3.86. The molecule has 2 heterocycles. The molecule has 2 N–H and O–H groups in total. The lowest BCUT2D eigenvalue weighted by atomic mass is 10.2. The Hall–Kier alpha value is -2.67. The first-order chi connectivity index (χ1) is 12.0. The molecule has 6 nitrogen and oxygen atoms in total. The van der Waals surface area contributed by atoms with Crippen LogP contribution in [0.1, 0.15) is 27.3 Å². The smallest absolute Gasteiger partial charge is 0.264 e. The zero-order valence-corrected chi connectivity index (χ0v) is 15.0. The summed E-state index contributed by atoms with van der Waals surface area (Å²) in [7, 11) is 1.87. The van der Waals surface area contributed by atoms with Crippen molar-refractivity contribution in [1.29, 1.82) is 0 Å². The van der Waals surface area contributed by atoms with E-state index in [4.69, 9.17) is 5.73 Å². The van der Waals surface area contributed by atoms with Crippen molar-refractivity contribution in [3.8, 4) is 0 Å². The number of nitrogens with two attached hydrogens (primary N) is 1. The summed E-state index contributed by atoms with van der Waals surface area (Å²) in [6.07, 6.45) is 0.143. The first kappa shape index (κ1) is 17.2. The average Bonchev–Trinajstić information content (AvgIpc) is 3.13. The van der Waals surface area contributed by atoms with Gasteiger partial charge in [0.25, 0.3) is 5.91 Å². The molecule has 7 heteroatoms. The van der Waals surface area contributed by atoms with Crippen LogP contribution in [0.2, 0.25) is 0 Å². The molecule has 130 valence electrons. The number of rotatable bonds is 6. The maximum atomic E-state index is 13.0.